The van der Waals surface area contributed by atoms with E-state index in [2.05, 4.69) is 24.7 Å². The summed E-state index contributed by atoms with van der Waals surface area (Å²) in [6.07, 6.45) is 6.76. The third kappa shape index (κ3) is 4.11. The van der Waals surface area contributed by atoms with Crippen LogP contribution >= 0.6 is 11.6 Å². The van der Waals surface area contributed by atoms with Gasteiger partial charge < -0.3 is 10.7 Å². The van der Waals surface area contributed by atoms with E-state index in [0.717, 1.165) is 22.1 Å². The molecule has 4 aromatic heterocycles. The average molecular weight is 477 g/mol. The zero-order valence-corrected chi connectivity index (χ0v) is 18.6. The lowest BCUT2D eigenvalue weighted by atomic mass is 10.0. The topological polar surface area (TPSA) is 127 Å². The van der Waals surface area contributed by atoms with Crippen LogP contribution in [0.4, 0.5) is 11.5 Å². The van der Waals surface area contributed by atoms with Gasteiger partial charge in [-0.2, -0.15) is 0 Å². The lowest BCUT2D eigenvalue weighted by Gasteiger charge is -2.11. The molecular weight excluding hydrogens is 460 g/mol. The molecule has 0 atom stereocenters. The third-order valence-corrected chi connectivity index (χ3v) is 6.78. The van der Waals surface area contributed by atoms with Crippen molar-refractivity contribution in [1.82, 2.24) is 19.9 Å². The number of nitrogen functional groups attached to an aromatic ring is 1. The number of rotatable bonds is 5. The smallest absolute Gasteiger partial charge is 0.261 e. The summed E-state index contributed by atoms with van der Waals surface area (Å²) >= 11 is 6.20. The van der Waals surface area contributed by atoms with Gasteiger partial charge in [-0.05, 0) is 42.0 Å². The molecule has 0 aliphatic carbocycles. The first kappa shape index (κ1) is 20.9. The van der Waals surface area contributed by atoms with Crippen molar-refractivity contribution in [3.63, 3.8) is 0 Å². The van der Waals surface area contributed by atoms with Crippen LogP contribution in [0.1, 0.15) is 0 Å². The Bertz CT molecular complexity index is 1590. The molecule has 5 aromatic rings. The molecule has 0 aliphatic rings. The molecule has 33 heavy (non-hydrogen) atoms. The maximum Gasteiger partial charge on any atom is 0.261 e. The van der Waals surface area contributed by atoms with Crippen LogP contribution in [0.25, 0.3) is 33.3 Å². The molecule has 4 N–H and O–H groups in total. The highest BCUT2D eigenvalue weighted by molar-refractivity contribution is 7.92. The molecule has 0 saturated heterocycles. The van der Waals surface area contributed by atoms with Crippen LogP contribution in [0.15, 0.2) is 84.3 Å². The summed E-state index contributed by atoms with van der Waals surface area (Å²) in [5.41, 5.74) is 9.94. The lowest BCUT2D eigenvalue weighted by molar-refractivity contribution is 0.601. The fourth-order valence-electron chi connectivity index (χ4n) is 3.50. The number of pyridine rings is 3. The van der Waals surface area contributed by atoms with Gasteiger partial charge in [0.25, 0.3) is 10.0 Å². The van der Waals surface area contributed by atoms with E-state index < -0.39 is 10.0 Å². The van der Waals surface area contributed by atoms with Crippen LogP contribution < -0.4 is 10.5 Å². The Morgan fingerprint density at radius 2 is 1.67 bits per heavy atom. The van der Waals surface area contributed by atoms with Gasteiger partial charge in [0.2, 0.25) is 0 Å². The van der Waals surface area contributed by atoms with E-state index in [1.165, 1.54) is 12.1 Å². The van der Waals surface area contributed by atoms with Gasteiger partial charge in [-0.1, -0.05) is 29.8 Å². The summed E-state index contributed by atoms with van der Waals surface area (Å²) < 4.78 is 28.0. The van der Waals surface area contributed by atoms with Crippen molar-refractivity contribution < 1.29 is 8.42 Å². The number of aromatic amines is 1. The van der Waals surface area contributed by atoms with Gasteiger partial charge in [-0.25, -0.2) is 23.4 Å². The monoisotopic (exact) mass is 476 g/mol. The summed E-state index contributed by atoms with van der Waals surface area (Å²) in [6, 6.07) is 15.3. The first-order valence-corrected chi connectivity index (χ1v) is 11.7. The third-order valence-electron chi connectivity index (χ3n) is 5.09. The highest BCUT2D eigenvalue weighted by Gasteiger charge is 2.17. The fraction of sp³-hybridized carbons (Fsp3) is 0. The molecule has 0 aliphatic heterocycles. The van der Waals surface area contributed by atoms with Crippen LogP contribution in [0.3, 0.4) is 0 Å². The number of nitrogens with zero attached hydrogens (tertiary/aromatic N) is 3. The number of nitrogens with two attached hydrogens (primary N) is 1. The van der Waals surface area contributed by atoms with Crippen molar-refractivity contribution in [1.29, 1.82) is 0 Å². The minimum absolute atomic E-state index is 0.0434. The van der Waals surface area contributed by atoms with Crippen LogP contribution in [0.2, 0.25) is 5.15 Å². The van der Waals surface area contributed by atoms with Crippen molar-refractivity contribution in [2.24, 2.45) is 0 Å². The van der Waals surface area contributed by atoms with Crippen LogP contribution in [-0.2, 0) is 10.0 Å². The second-order valence-electron chi connectivity index (χ2n) is 7.27. The summed E-state index contributed by atoms with van der Waals surface area (Å²) in [7, 11) is -3.82. The van der Waals surface area contributed by atoms with E-state index in [1.807, 2.05) is 18.3 Å². The minimum Gasteiger partial charge on any atom is -0.384 e. The molecule has 0 saturated carbocycles. The van der Waals surface area contributed by atoms with E-state index >= 15 is 0 Å². The molecule has 0 spiro atoms. The van der Waals surface area contributed by atoms with Gasteiger partial charge in [0.05, 0.1) is 10.6 Å². The molecule has 8 nitrogen and oxygen atoms in total. The molecule has 0 fully saturated rings. The van der Waals surface area contributed by atoms with E-state index in [9.17, 15) is 8.42 Å². The molecule has 0 amide bonds. The van der Waals surface area contributed by atoms with Gasteiger partial charge in [0.1, 0.15) is 11.5 Å². The number of fused-ring (bicyclic) bond motifs is 1. The minimum atomic E-state index is -3.82. The molecule has 0 radical (unpaired) electrons. The summed E-state index contributed by atoms with van der Waals surface area (Å²) in [6.45, 7) is 0. The average Bonchev–Trinajstić information content (AvgIpc) is 3.24. The van der Waals surface area contributed by atoms with Crippen LogP contribution in [0, 0.1) is 0 Å². The number of anilines is 2. The summed E-state index contributed by atoms with van der Waals surface area (Å²) in [4.78, 5) is 16.0. The quantitative estimate of drug-likeness (QED) is 0.315. The molecular formula is C23H17ClN6O2S. The number of nitrogens with one attached hydrogen (secondary N) is 2. The normalized spacial score (nSPS) is 11.5. The first-order valence-electron chi connectivity index (χ1n) is 9.83. The second-order valence-corrected chi connectivity index (χ2v) is 9.31. The molecule has 1 aromatic carbocycles. The van der Waals surface area contributed by atoms with Crippen LogP contribution in [-0.4, -0.2) is 28.4 Å². The van der Waals surface area contributed by atoms with Crippen molar-refractivity contribution >= 4 is 44.2 Å². The molecule has 0 unspecified atom stereocenters. The van der Waals surface area contributed by atoms with E-state index in [1.54, 1.807) is 48.9 Å². The Hall–Kier alpha value is -3.95. The lowest BCUT2D eigenvalue weighted by Crippen LogP contribution is -2.13. The van der Waals surface area contributed by atoms with Crippen molar-refractivity contribution in [2.45, 2.75) is 4.90 Å². The number of hydrogen-bond acceptors (Lipinski definition) is 6. The van der Waals surface area contributed by atoms with Gasteiger partial charge >= 0.3 is 0 Å². The number of benzene rings is 1. The predicted octanol–water partition coefficient (Wildman–Crippen LogP) is 4.72. The maximum atomic E-state index is 12.7. The van der Waals surface area contributed by atoms with Gasteiger partial charge in [0.15, 0.2) is 5.15 Å². The van der Waals surface area contributed by atoms with E-state index in [-0.39, 0.29) is 15.7 Å². The zero-order chi connectivity index (χ0) is 23.0. The maximum absolute atomic E-state index is 12.7. The Morgan fingerprint density at radius 1 is 0.909 bits per heavy atom. The Balaban J connectivity index is 1.55. The first-order chi connectivity index (χ1) is 15.9. The largest absolute Gasteiger partial charge is 0.384 e. The Labute approximate surface area is 194 Å². The SMILES string of the molecule is Nc1cc(-c2c[nH]c3ncc(-c4cnc(Cl)c(NS(=O)(=O)c5ccccc5)c4)cc23)ccn1. The number of hydrogen-bond donors (Lipinski definition) is 3. The highest BCUT2D eigenvalue weighted by atomic mass is 35.5. The molecule has 5 rings (SSSR count). The molecule has 4 heterocycles. The summed E-state index contributed by atoms with van der Waals surface area (Å²) in [5, 5.41) is 0.918. The van der Waals surface area contributed by atoms with Gasteiger partial charge in [0, 0.05) is 46.9 Å². The van der Waals surface area contributed by atoms with Gasteiger partial charge in [-0.3, -0.25) is 4.72 Å². The number of H-pyrrole nitrogens is 1. The van der Waals surface area contributed by atoms with E-state index in [4.69, 9.17) is 17.3 Å². The second kappa shape index (κ2) is 8.19. The van der Waals surface area contributed by atoms with E-state index in [0.29, 0.717) is 17.0 Å². The number of aromatic nitrogens is 4. The molecule has 164 valence electrons. The Morgan fingerprint density at radius 3 is 2.45 bits per heavy atom. The fourth-order valence-corrected chi connectivity index (χ4v) is 4.78. The zero-order valence-electron chi connectivity index (χ0n) is 17.0. The van der Waals surface area contributed by atoms with Gasteiger partial charge in [-0.15, -0.1) is 0 Å². The Kier molecular flexibility index (Phi) is 5.20. The van der Waals surface area contributed by atoms with Crippen LogP contribution in [0.5, 0.6) is 0 Å². The standard InChI is InChI=1S/C23H17ClN6O2S/c24-22-20(30-33(31,32)17-4-2-1-3-5-17)9-16(11-27-22)15-8-18-19(13-29-23(18)28-12-15)14-6-7-26-21(25)10-14/h1-13,30H,(H2,25,26)(H,28,29). The van der Waals surface area contributed by atoms with Crippen molar-refractivity contribution in [2.75, 3.05) is 10.5 Å². The summed E-state index contributed by atoms with van der Waals surface area (Å²) in [5.74, 6) is 0.420. The van der Waals surface area contributed by atoms with Crippen molar-refractivity contribution in [3.8, 4) is 22.3 Å². The molecule has 0 bridgehead atoms. The highest BCUT2D eigenvalue weighted by Crippen LogP contribution is 2.33. The number of sulfonamides is 1. The predicted molar refractivity (Wildman–Crippen MR) is 129 cm³/mol. The molecule has 10 heteroatoms. The number of halogens is 1. The van der Waals surface area contributed by atoms with Crippen molar-refractivity contribution in [3.05, 3.63) is 84.5 Å².